The Morgan fingerprint density at radius 2 is 1.92 bits per heavy atom. The smallest absolute Gasteiger partial charge is 0.338 e. The number of benzene rings is 2. The summed E-state index contributed by atoms with van der Waals surface area (Å²) < 4.78 is 23.3. The van der Waals surface area contributed by atoms with Gasteiger partial charge in [0.15, 0.2) is 18.2 Å². The van der Waals surface area contributed by atoms with E-state index in [4.69, 9.17) is 32.7 Å². The number of rotatable bonds is 6. The number of methoxy groups -OCH3 is 1. The van der Waals surface area contributed by atoms with Crippen LogP contribution in [0.5, 0.6) is 5.75 Å². The average Bonchev–Trinajstić information content (AvgIpc) is 2.59. The number of amides is 1. The van der Waals surface area contributed by atoms with E-state index in [1.54, 1.807) is 25.1 Å². The molecule has 0 aliphatic carbocycles. The van der Waals surface area contributed by atoms with Crippen LogP contribution >= 0.6 is 23.2 Å². The highest BCUT2D eigenvalue weighted by molar-refractivity contribution is 6.35. The van der Waals surface area contributed by atoms with Crippen molar-refractivity contribution < 1.29 is 23.5 Å². The SMILES string of the molecule is COc1ccc(C(=O)OCC(=O)N[C@H](C)c2ccc(Cl)cc2Cl)cc1F. The summed E-state index contributed by atoms with van der Waals surface area (Å²) >= 11 is 11.9. The molecule has 0 radical (unpaired) electrons. The van der Waals surface area contributed by atoms with E-state index in [0.29, 0.717) is 15.6 Å². The maximum absolute atomic E-state index is 13.6. The number of carbonyl (C=O) groups is 2. The number of halogens is 3. The van der Waals surface area contributed by atoms with Crippen LogP contribution in [-0.2, 0) is 9.53 Å². The fraction of sp³-hybridized carbons (Fsp3) is 0.222. The normalized spacial score (nSPS) is 11.6. The van der Waals surface area contributed by atoms with Crippen LogP contribution in [0.15, 0.2) is 36.4 Å². The van der Waals surface area contributed by atoms with Gasteiger partial charge < -0.3 is 14.8 Å². The quantitative estimate of drug-likeness (QED) is 0.740. The van der Waals surface area contributed by atoms with Crippen molar-refractivity contribution in [2.24, 2.45) is 0 Å². The Morgan fingerprint density at radius 3 is 2.54 bits per heavy atom. The van der Waals surface area contributed by atoms with Gasteiger partial charge in [0.05, 0.1) is 18.7 Å². The Kier molecular flexibility index (Phi) is 6.83. The van der Waals surface area contributed by atoms with Crippen molar-refractivity contribution in [1.82, 2.24) is 5.32 Å². The Morgan fingerprint density at radius 1 is 1.19 bits per heavy atom. The molecule has 0 aliphatic rings. The standard InChI is InChI=1S/C18H16Cl2FNO4/c1-10(13-5-4-12(19)8-14(13)20)22-17(23)9-26-18(24)11-3-6-16(25-2)15(21)7-11/h3-8,10H,9H2,1-2H3,(H,22,23)/t10-/m1/s1. The van der Waals surface area contributed by atoms with E-state index in [0.717, 1.165) is 6.07 Å². The molecule has 5 nitrogen and oxygen atoms in total. The number of ether oxygens (including phenoxy) is 2. The minimum Gasteiger partial charge on any atom is -0.494 e. The average molecular weight is 400 g/mol. The van der Waals surface area contributed by atoms with Gasteiger partial charge in [-0.1, -0.05) is 29.3 Å². The van der Waals surface area contributed by atoms with Gasteiger partial charge in [0.1, 0.15) is 0 Å². The van der Waals surface area contributed by atoms with Crippen LogP contribution in [0.1, 0.15) is 28.9 Å². The number of hydrogen-bond acceptors (Lipinski definition) is 4. The lowest BCUT2D eigenvalue weighted by atomic mass is 10.1. The second-order valence-corrected chi connectivity index (χ2v) is 6.22. The summed E-state index contributed by atoms with van der Waals surface area (Å²) in [6.45, 7) is 1.22. The molecule has 2 rings (SSSR count). The zero-order valence-electron chi connectivity index (χ0n) is 14.0. The predicted octanol–water partition coefficient (Wildman–Crippen LogP) is 4.18. The van der Waals surface area contributed by atoms with Gasteiger partial charge in [0.25, 0.3) is 5.91 Å². The molecule has 0 saturated carbocycles. The van der Waals surface area contributed by atoms with Crippen molar-refractivity contribution in [2.75, 3.05) is 13.7 Å². The van der Waals surface area contributed by atoms with Gasteiger partial charge >= 0.3 is 5.97 Å². The second kappa shape index (κ2) is 8.87. The van der Waals surface area contributed by atoms with Crippen molar-refractivity contribution in [2.45, 2.75) is 13.0 Å². The Hall–Kier alpha value is -2.31. The van der Waals surface area contributed by atoms with Crippen LogP contribution in [-0.4, -0.2) is 25.6 Å². The molecular weight excluding hydrogens is 384 g/mol. The molecule has 138 valence electrons. The number of esters is 1. The molecule has 8 heteroatoms. The summed E-state index contributed by atoms with van der Waals surface area (Å²) in [4.78, 5) is 23.9. The van der Waals surface area contributed by atoms with Crippen LogP contribution in [0.2, 0.25) is 10.0 Å². The van der Waals surface area contributed by atoms with E-state index >= 15 is 0 Å². The van der Waals surface area contributed by atoms with Gasteiger partial charge in [0, 0.05) is 10.0 Å². The maximum Gasteiger partial charge on any atom is 0.338 e. The molecule has 2 aromatic carbocycles. The van der Waals surface area contributed by atoms with Crippen molar-refractivity contribution in [3.05, 3.63) is 63.4 Å². The van der Waals surface area contributed by atoms with E-state index in [9.17, 15) is 14.0 Å². The van der Waals surface area contributed by atoms with Crippen LogP contribution in [0.4, 0.5) is 4.39 Å². The van der Waals surface area contributed by atoms with E-state index in [1.807, 2.05) is 0 Å². The van der Waals surface area contributed by atoms with Gasteiger partial charge in [-0.3, -0.25) is 4.79 Å². The molecule has 0 aromatic heterocycles. The van der Waals surface area contributed by atoms with E-state index < -0.39 is 30.3 Å². The van der Waals surface area contributed by atoms with Crippen molar-refractivity contribution in [3.8, 4) is 5.75 Å². The first kappa shape index (κ1) is 20.0. The lowest BCUT2D eigenvalue weighted by Gasteiger charge is -2.16. The highest BCUT2D eigenvalue weighted by Gasteiger charge is 2.16. The summed E-state index contributed by atoms with van der Waals surface area (Å²) in [5.41, 5.74) is 0.651. The molecule has 0 fully saturated rings. The molecular formula is C18H16Cl2FNO4. The number of hydrogen-bond donors (Lipinski definition) is 1. The predicted molar refractivity (Wildman–Crippen MR) is 96.3 cm³/mol. The van der Waals surface area contributed by atoms with Gasteiger partial charge in [-0.15, -0.1) is 0 Å². The van der Waals surface area contributed by atoms with Gasteiger partial charge in [0.2, 0.25) is 0 Å². The monoisotopic (exact) mass is 399 g/mol. The zero-order valence-corrected chi connectivity index (χ0v) is 15.5. The summed E-state index contributed by atoms with van der Waals surface area (Å²) in [7, 11) is 1.31. The third-order valence-corrected chi connectivity index (χ3v) is 4.09. The zero-order chi connectivity index (χ0) is 19.3. The molecule has 2 aromatic rings. The molecule has 1 amide bonds. The van der Waals surface area contributed by atoms with Crippen LogP contribution in [0.25, 0.3) is 0 Å². The molecule has 0 saturated heterocycles. The molecule has 1 atom stereocenters. The lowest BCUT2D eigenvalue weighted by Crippen LogP contribution is -2.31. The maximum atomic E-state index is 13.6. The Bertz CT molecular complexity index is 829. The first-order chi connectivity index (χ1) is 12.3. The minimum atomic E-state index is -0.820. The highest BCUT2D eigenvalue weighted by atomic mass is 35.5. The minimum absolute atomic E-state index is 0.00737. The van der Waals surface area contributed by atoms with E-state index in [-0.39, 0.29) is 11.3 Å². The van der Waals surface area contributed by atoms with Crippen molar-refractivity contribution in [3.63, 3.8) is 0 Å². The second-order valence-electron chi connectivity index (χ2n) is 5.38. The third kappa shape index (κ3) is 5.09. The van der Waals surface area contributed by atoms with E-state index in [2.05, 4.69) is 5.32 Å². The molecule has 0 spiro atoms. The molecule has 0 heterocycles. The topological polar surface area (TPSA) is 64.6 Å². The molecule has 1 N–H and O–H groups in total. The molecule has 0 bridgehead atoms. The molecule has 0 unspecified atom stereocenters. The first-order valence-electron chi connectivity index (χ1n) is 7.56. The Balaban J connectivity index is 1.91. The fourth-order valence-electron chi connectivity index (χ4n) is 2.22. The number of nitrogens with one attached hydrogen (secondary N) is 1. The molecule has 0 aliphatic heterocycles. The Labute approximate surface area is 160 Å². The molecule has 26 heavy (non-hydrogen) atoms. The summed E-state index contributed by atoms with van der Waals surface area (Å²) in [6.07, 6.45) is 0. The van der Waals surface area contributed by atoms with Crippen molar-refractivity contribution >= 4 is 35.1 Å². The number of carbonyl (C=O) groups excluding carboxylic acids is 2. The fourth-order valence-corrected chi connectivity index (χ4v) is 2.79. The van der Waals surface area contributed by atoms with E-state index in [1.165, 1.54) is 19.2 Å². The highest BCUT2D eigenvalue weighted by Crippen LogP contribution is 2.26. The summed E-state index contributed by atoms with van der Waals surface area (Å²) in [5, 5.41) is 3.55. The van der Waals surface area contributed by atoms with Crippen molar-refractivity contribution in [1.29, 1.82) is 0 Å². The van der Waals surface area contributed by atoms with Crippen LogP contribution in [0.3, 0.4) is 0 Å². The van der Waals surface area contributed by atoms with Crippen LogP contribution in [0, 0.1) is 5.82 Å². The van der Waals surface area contributed by atoms with Gasteiger partial charge in [-0.25, -0.2) is 9.18 Å². The summed E-state index contributed by atoms with van der Waals surface area (Å²) in [5.74, 6) is -2.03. The summed E-state index contributed by atoms with van der Waals surface area (Å²) in [6, 6.07) is 8.14. The third-order valence-electron chi connectivity index (χ3n) is 3.53. The largest absolute Gasteiger partial charge is 0.494 e. The van der Waals surface area contributed by atoms with Gasteiger partial charge in [-0.2, -0.15) is 0 Å². The van der Waals surface area contributed by atoms with Crippen LogP contribution < -0.4 is 10.1 Å². The van der Waals surface area contributed by atoms with Gasteiger partial charge in [-0.05, 0) is 42.8 Å². The lowest BCUT2D eigenvalue weighted by molar-refractivity contribution is -0.124. The first-order valence-corrected chi connectivity index (χ1v) is 8.32.